The lowest BCUT2D eigenvalue weighted by Crippen LogP contribution is -2.36. The van der Waals surface area contributed by atoms with Gasteiger partial charge in [-0.2, -0.15) is 0 Å². The molecule has 1 atom stereocenters. The van der Waals surface area contributed by atoms with E-state index in [0.29, 0.717) is 6.42 Å². The standard InChI is InChI=1S/C15H23NO4S2/c1-13(2)12-22(19,20)16-9-8-15(21(17,18)11-10-16)14-6-4-3-5-7-14/h3-7,13,15H,8-12H2,1-2H3. The molecule has 0 aromatic heterocycles. The van der Waals surface area contributed by atoms with Crippen molar-refractivity contribution in [3.05, 3.63) is 35.9 Å². The zero-order valence-corrected chi connectivity index (χ0v) is 14.6. The molecule has 0 N–H and O–H groups in total. The average molecular weight is 345 g/mol. The summed E-state index contributed by atoms with van der Waals surface area (Å²) in [6, 6.07) is 9.04. The van der Waals surface area contributed by atoms with Crippen LogP contribution in [0.1, 0.15) is 31.1 Å². The van der Waals surface area contributed by atoms with Gasteiger partial charge in [-0.25, -0.2) is 21.1 Å². The lowest BCUT2D eigenvalue weighted by Gasteiger charge is -2.20. The molecule has 0 aliphatic carbocycles. The van der Waals surface area contributed by atoms with Gasteiger partial charge in [0, 0.05) is 13.1 Å². The van der Waals surface area contributed by atoms with Crippen LogP contribution >= 0.6 is 0 Å². The van der Waals surface area contributed by atoms with E-state index >= 15 is 0 Å². The van der Waals surface area contributed by atoms with Crippen molar-refractivity contribution in [3.8, 4) is 0 Å². The summed E-state index contributed by atoms with van der Waals surface area (Å²) in [6.07, 6.45) is 0.309. The van der Waals surface area contributed by atoms with E-state index in [2.05, 4.69) is 0 Å². The van der Waals surface area contributed by atoms with E-state index in [9.17, 15) is 16.8 Å². The van der Waals surface area contributed by atoms with Gasteiger partial charge in [0.05, 0.1) is 16.8 Å². The molecule has 0 radical (unpaired) electrons. The second-order valence-corrected chi connectivity index (χ2v) is 10.4. The third-order valence-corrected chi connectivity index (χ3v) is 8.17. The third kappa shape index (κ3) is 4.08. The summed E-state index contributed by atoms with van der Waals surface area (Å²) >= 11 is 0. The maximum absolute atomic E-state index is 12.5. The van der Waals surface area contributed by atoms with Crippen LogP contribution in [-0.2, 0) is 19.9 Å². The molecule has 0 spiro atoms. The summed E-state index contributed by atoms with van der Waals surface area (Å²) in [5.41, 5.74) is 0.741. The van der Waals surface area contributed by atoms with Crippen molar-refractivity contribution >= 4 is 19.9 Å². The Balaban J connectivity index is 2.24. The van der Waals surface area contributed by atoms with Gasteiger partial charge < -0.3 is 0 Å². The van der Waals surface area contributed by atoms with Crippen LogP contribution in [0.25, 0.3) is 0 Å². The van der Waals surface area contributed by atoms with Crippen molar-refractivity contribution < 1.29 is 16.8 Å². The number of hydrogen-bond donors (Lipinski definition) is 0. The van der Waals surface area contributed by atoms with Crippen LogP contribution in [0, 0.1) is 5.92 Å². The highest BCUT2D eigenvalue weighted by Gasteiger charge is 2.34. The molecular weight excluding hydrogens is 322 g/mol. The van der Waals surface area contributed by atoms with Gasteiger partial charge in [-0.1, -0.05) is 44.2 Å². The molecule has 1 saturated heterocycles. The molecule has 1 aliphatic heterocycles. The molecule has 1 unspecified atom stereocenters. The number of sulfone groups is 1. The fourth-order valence-electron chi connectivity index (χ4n) is 2.77. The largest absolute Gasteiger partial charge is 0.228 e. The second-order valence-electron chi connectivity index (χ2n) is 6.13. The molecular formula is C15H23NO4S2. The van der Waals surface area contributed by atoms with Gasteiger partial charge in [-0.05, 0) is 17.9 Å². The Morgan fingerprint density at radius 3 is 2.41 bits per heavy atom. The molecule has 1 aromatic carbocycles. The van der Waals surface area contributed by atoms with Crippen molar-refractivity contribution in [3.63, 3.8) is 0 Å². The van der Waals surface area contributed by atoms with E-state index in [1.807, 2.05) is 32.0 Å². The molecule has 2 rings (SSSR count). The topological polar surface area (TPSA) is 71.5 Å². The second kappa shape index (κ2) is 6.68. The molecule has 124 valence electrons. The first-order valence-corrected chi connectivity index (χ1v) is 10.8. The summed E-state index contributed by atoms with van der Waals surface area (Å²) < 4.78 is 51.0. The Kier molecular flexibility index (Phi) is 5.29. The quantitative estimate of drug-likeness (QED) is 0.835. The summed E-state index contributed by atoms with van der Waals surface area (Å²) in [4.78, 5) is 0. The van der Waals surface area contributed by atoms with Crippen LogP contribution in [0.4, 0.5) is 0 Å². The van der Waals surface area contributed by atoms with Crippen molar-refractivity contribution in [2.24, 2.45) is 5.92 Å². The number of benzene rings is 1. The van der Waals surface area contributed by atoms with Crippen LogP contribution in [-0.4, -0.2) is 45.7 Å². The molecule has 22 heavy (non-hydrogen) atoms. The normalized spacial score (nSPS) is 23.3. The minimum atomic E-state index is -3.39. The number of sulfonamides is 1. The number of hydrogen-bond acceptors (Lipinski definition) is 4. The zero-order chi connectivity index (χ0) is 16.4. The first-order valence-electron chi connectivity index (χ1n) is 7.47. The molecule has 0 saturated carbocycles. The lowest BCUT2D eigenvalue weighted by atomic mass is 10.1. The molecule has 1 aliphatic rings. The summed E-state index contributed by atoms with van der Waals surface area (Å²) in [5, 5.41) is -0.618. The number of nitrogens with zero attached hydrogens (tertiary/aromatic N) is 1. The van der Waals surface area contributed by atoms with Crippen LogP contribution in [0.3, 0.4) is 0 Å². The Bertz CT molecular complexity index is 696. The molecule has 0 bridgehead atoms. The summed E-state index contributed by atoms with van der Waals surface area (Å²) in [5.74, 6) is -0.0396. The van der Waals surface area contributed by atoms with E-state index in [-0.39, 0.29) is 30.5 Å². The Morgan fingerprint density at radius 2 is 1.82 bits per heavy atom. The highest BCUT2D eigenvalue weighted by Crippen LogP contribution is 2.30. The van der Waals surface area contributed by atoms with Crippen LogP contribution in [0.2, 0.25) is 0 Å². The van der Waals surface area contributed by atoms with Crippen molar-refractivity contribution in [1.29, 1.82) is 0 Å². The van der Waals surface area contributed by atoms with Crippen LogP contribution in [0.15, 0.2) is 30.3 Å². The van der Waals surface area contributed by atoms with Gasteiger partial charge in [0.25, 0.3) is 0 Å². The van der Waals surface area contributed by atoms with Gasteiger partial charge in [0.2, 0.25) is 10.0 Å². The molecule has 7 heteroatoms. The van der Waals surface area contributed by atoms with Crippen LogP contribution < -0.4 is 0 Å². The van der Waals surface area contributed by atoms with Crippen molar-refractivity contribution in [2.45, 2.75) is 25.5 Å². The smallest absolute Gasteiger partial charge is 0.214 e. The molecule has 1 fully saturated rings. The van der Waals surface area contributed by atoms with Crippen molar-refractivity contribution in [1.82, 2.24) is 4.31 Å². The first kappa shape index (κ1) is 17.4. The fraction of sp³-hybridized carbons (Fsp3) is 0.600. The average Bonchev–Trinajstić information content (AvgIpc) is 2.57. The van der Waals surface area contributed by atoms with Crippen molar-refractivity contribution in [2.75, 3.05) is 24.6 Å². The van der Waals surface area contributed by atoms with E-state index in [4.69, 9.17) is 0 Å². The van der Waals surface area contributed by atoms with Gasteiger partial charge in [-0.15, -0.1) is 0 Å². The van der Waals surface area contributed by atoms with E-state index < -0.39 is 25.1 Å². The van der Waals surface area contributed by atoms with E-state index in [0.717, 1.165) is 5.56 Å². The summed E-state index contributed by atoms with van der Waals surface area (Å²) in [7, 11) is -6.73. The summed E-state index contributed by atoms with van der Waals surface area (Å²) in [6.45, 7) is 4.01. The van der Waals surface area contributed by atoms with Gasteiger partial charge >= 0.3 is 0 Å². The fourth-order valence-corrected chi connectivity index (χ4v) is 6.49. The monoisotopic (exact) mass is 345 g/mol. The highest BCUT2D eigenvalue weighted by molar-refractivity contribution is 7.92. The molecule has 1 heterocycles. The predicted octanol–water partition coefficient (Wildman–Crippen LogP) is 1.83. The number of rotatable bonds is 4. The third-order valence-electron chi connectivity index (χ3n) is 3.81. The van der Waals surface area contributed by atoms with Gasteiger partial charge in [0.1, 0.15) is 0 Å². The highest BCUT2D eigenvalue weighted by atomic mass is 32.2. The lowest BCUT2D eigenvalue weighted by molar-refractivity contribution is 0.423. The van der Waals surface area contributed by atoms with Gasteiger partial charge in [-0.3, -0.25) is 0 Å². The van der Waals surface area contributed by atoms with E-state index in [1.165, 1.54) is 4.31 Å². The molecule has 5 nitrogen and oxygen atoms in total. The maximum atomic E-state index is 12.5. The SMILES string of the molecule is CC(C)CS(=O)(=O)N1CCC(c2ccccc2)S(=O)(=O)CC1. The Labute approximate surface area is 133 Å². The van der Waals surface area contributed by atoms with E-state index in [1.54, 1.807) is 12.1 Å². The Hall–Kier alpha value is -0.920. The Morgan fingerprint density at radius 1 is 1.18 bits per heavy atom. The molecule has 0 amide bonds. The first-order chi connectivity index (χ1) is 10.2. The van der Waals surface area contributed by atoms with Gasteiger partial charge in [0.15, 0.2) is 9.84 Å². The van der Waals surface area contributed by atoms with Crippen LogP contribution in [0.5, 0.6) is 0 Å². The molecule has 1 aromatic rings. The maximum Gasteiger partial charge on any atom is 0.214 e. The minimum Gasteiger partial charge on any atom is -0.228 e. The zero-order valence-electron chi connectivity index (χ0n) is 13.0. The predicted molar refractivity (Wildman–Crippen MR) is 87.8 cm³/mol. The minimum absolute atomic E-state index is 0.0229.